The van der Waals surface area contributed by atoms with E-state index in [1.165, 1.54) is 0 Å². The first-order chi connectivity index (χ1) is 11.2. The molecule has 3 rings (SSSR count). The Bertz CT molecular complexity index is 788. The van der Waals surface area contributed by atoms with E-state index in [0.29, 0.717) is 23.1 Å². The second-order valence-electron chi connectivity index (χ2n) is 4.88. The monoisotopic (exact) mass is 311 g/mol. The maximum Gasteiger partial charge on any atom is 0.182 e. The molecule has 118 valence electrons. The van der Waals surface area contributed by atoms with Gasteiger partial charge in [-0.1, -0.05) is 6.07 Å². The van der Waals surface area contributed by atoms with Gasteiger partial charge < -0.3 is 15.2 Å². The number of rotatable bonds is 5. The number of pyridine rings is 1. The predicted octanol–water partition coefficient (Wildman–Crippen LogP) is 1.93. The molecular formula is C16H17N5O2. The fourth-order valence-electron chi connectivity index (χ4n) is 2.24. The Hall–Kier alpha value is -2.93. The van der Waals surface area contributed by atoms with Crippen molar-refractivity contribution < 1.29 is 9.47 Å². The molecule has 0 spiro atoms. The lowest BCUT2D eigenvalue weighted by atomic mass is 10.1. The molecule has 0 saturated carbocycles. The van der Waals surface area contributed by atoms with Crippen molar-refractivity contribution in [3.8, 4) is 22.9 Å². The first-order valence-corrected chi connectivity index (χ1v) is 7.03. The molecule has 0 aliphatic heterocycles. The Balaban J connectivity index is 1.89. The fraction of sp³-hybridized carbons (Fsp3) is 0.188. The summed E-state index contributed by atoms with van der Waals surface area (Å²) in [4.78, 5) is 8.51. The summed E-state index contributed by atoms with van der Waals surface area (Å²) in [5.74, 6) is 2.39. The molecule has 2 heterocycles. The molecule has 1 atom stereocenters. The van der Waals surface area contributed by atoms with Crippen LogP contribution in [0, 0.1) is 0 Å². The van der Waals surface area contributed by atoms with Gasteiger partial charge >= 0.3 is 0 Å². The van der Waals surface area contributed by atoms with Gasteiger partial charge in [0.05, 0.1) is 20.3 Å². The number of hydrogen-bond donors (Lipinski definition) is 2. The SMILES string of the molecule is COc1ccc(C(N)c2nc(-c3cccnc3)n[nH]2)cc1OC. The van der Waals surface area contributed by atoms with Crippen LogP contribution < -0.4 is 15.2 Å². The predicted molar refractivity (Wildman–Crippen MR) is 85.2 cm³/mol. The van der Waals surface area contributed by atoms with Gasteiger partial charge in [-0.2, -0.15) is 5.10 Å². The third kappa shape index (κ3) is 3.00. The molecule has 0 saturated heterocycles. The van der Waals surface area contributed by atoms with Gasteiger partial charge in [-0.05, 0) is 29.8 Å². The molecule has 3 aromatic rings. The minimum absolute atomic E-state index is 0.451. The zero-order valence-electron chi connectivity index (χ0n) is 12.9. The van der Waals surface area contributed by atoms with E-state index in [-0.39, 0.29) is 0 Å². The van der Waals surface area contributed by atoms with Gasteiger partial charge in [0.1, 0.15) is 5.82 Å². The van der Waals surface area contributed by atoms with Gasteiger partial charge in [0.15, 0.2) is 17.3 Å². The van der Waals surface area contributed by atoms with Crippen molar-refractivity contribution in [3.63, 3.8) is 0 Å². The van der Waals surface area contributed by atoms with Crippen LogP contribution in [0.2, 0.25) is 0 Å². The highest BCUT2D eigenvalue weighted by molar-refractivity contribution is 5.52. The lowest BCUT2D eigenvalue weighted by Gasteiger charge is -2.12. The third-order valence-electron chi connectivity index (χ3n) is 3.48. The maximum absolute atomic E-state index is 6.28. The summed E-state index contributed by atoms with van der Waals surface area (Å²) in [6.07, 6.45) is 3.40. The van der Waals surface area contributed by atoms with Crippen LogP contribution >= 0.6 is 0 Å². The summed E-state index contributed by atoms with van der Waals surface area (Å²) in [6.45, 7) is 0. The third-order valence-corrected chi connectivity index (χ3v) is 3.48. The first-order valence-electron chi connectivity index (χ1n) is 7.03. The minimum Gasteiger partial charge on any atom is -0.493 e. The van der Waals surface area contributed by atoms with E-state index in [1.54, 1.807) is 26.6 Å². The second kappa shape index (κ2) is 6.45. The van der Waals surface area contributed by atoms with Crippen molar-refractivity contribution in [1.82, 2.24) is 20.2 Å². The highest BCUT2D eigenvalue weighted by Crippen LogP contribution is 2.30. The minimum atomic E-state index is -0.451. The lowest BCUT2D eigenvalue weighted by Crippen LogP contribution is -2.14. The van der Waals surface area contributed by atoms with Gasteiger partial charge in [-0.25, -0.2) is 4.98 Å². The van der Waals surface area contributed by atoms with Crippen LogP contribution in [0.5, 0.6) is 11.5 Å². The molecule has 7 heteroatoms. The average Bonchev–Trinajstić information content (AvgIpc) is 3.11. The summed E-state index contributed by atoms with van der Waals surface area (Å²) in [5, 5.41) is 7.08. The lowest BCUT2D eigenvalue weighted by molar-refractivity contribution is 0.354. The van der Waals surface area contributed by atoms with Gasteiger partial charge in [0, 0.05) is 18.0 Å². The number of nitrogens with two attached hydrogens (primary N) is 1. The standard InChI is InChI=1S/C16H17N5O2/c1-22-12-6-5-10(8-13(12)23-2)14(17)16-19-15(20-21-16)11-4-3-7-18-9-11/h3-9,14H,17H2,1-2H3,(H,19,20,21). The van der Waals surface area contributed by atoms with E-state index in [4.69, 9.17) is 15.2 Å². The number of nitrogens with one attached hydrogen (secondary N) is 1. The zero-order chi connectivity index (χ0) is 16.2. The fourth-order valence-corrected chi connectivity index (χ4v) is 2.24. The molecule has 0 aliphatic rings. The summed E-state index contributed by atoms with van der Waals surface area (Å²) in [7, 11) is 3.18. The highest BCUT2D eigenvalue weighted by atomic mass is 16.5. The van der Waals surface area contributed by atoms with E-state index in [2.05, 4.69) is 20.2 Å². The zero-order valence-corrected chi connectivity index (χ0v) is 12.9. The van der Waals surface area contributed by atoms with Crippen LogP contribution in [-0.4, -0.2) is 34.4 Å². The second-order valence-corrected chi connectivity index (χ2v) is 4.88. The number of aromatic amines is 1. The Kier molecular flexibility index (Phi) is 4.20. The molecule has 23 heavy (non-hydrogen) atoms. The Morgan fingerprint density at radius 2 is 1.96 bits per heavy atom. The van der Waals surface area contributed by atoms with Crippen molar-refractivity contribution in [3.05, 3.63) is 54.1 Å². The van der Waals surface area contributed by atoms with Crippen LogP contribution in [0.1, 0.15) is 17.4 Å². The molecule has 0 amide bonds. The van der Waals surface area contributed by atoms with Crippen LogP contribution in [0.4, 0.5) is 0 Å². The molecule has 0 fully saturated rings. The Morgan fingerprint density at radius 1 is 1.13 bits per heavy atom. The molecule has 1 aromatic carbocycles. The Labute approximate surface area is 133 Å². The molecular weight excluding hydrogens is 294 g/mol. The molecule has 0 aliphatic carbocycles. The molecule has 7 nitrogen and oxygen atoms in total. The molecule has 1 unspecified atom stereocenters. The summed E-state index contributed by atoms with van der Waals surface area (Å²) in [6, 6.07) is 8.79. The summed E-state index contributed by atoms with van der Waals surface area (Å²) in [5.41, 5.74) is 7.95. The molecule has 0 bridgehead atoms. The van der Waals surface area contributed by atoms with Crippen molar-refractivity contribution in [2.24, 2.45) is 5.73 Å². The Morgan fingerprint density at radius 3 is 2.65 bits per heavy atom. The van der Waals surface area contributed by atoms with Crippen molar-refractivity contribution in [2.45, 2.75) is 6.04 Å². The summed E-state index contributed by atoms with van der Waals surface area (Å²) >= 11 is 0. The first kappa shape index (κ1) is 15.0. The quantitative estimate of drug-likeness (QED) is 0.747. The number of aromatic nitrogens is 4. The van der Waals surface area contributed by atoms with E-state index in [9.17, 15) is 0 Å². The van der Waals surface area contributed by atoms with Crippen LogP contribution in [-0.2, 0) is 0 Å². The highest BCUT2D eigenvalue weighted by Gasteiger charge is 2.17. The van der Waals surface area contributed by atoms with Gasteiger partial charge in [-0.15, -0.1) is 0 Å². The normalized spacial score (nSPS) is 12.0. The van der Waals surface area contributed by atoms with Gasteiger partial charge in [0.2, 0.25) is 0 Å². The topological polar surface area (TPSA) is 98.9 Å². The number of benzene rings is 1. The maximum atomic E-state index is 6.28. The van der Waals surface area contributed by atoms with Crippen LogP contribution in [0.3, 0.4) is 0 Å². The molecule has 0 radical (unpaired) electrons. The van der Waals surface area contributed by atoms with Crippen LogP contribution in [0.25, 0.3) is 11.4 Å². The number of ether oxygens (including phenoxy) is 2. The number of methoxy groups -OCH3 is 2. The van der Waals surface area contributed by atoms with E-state index in [0.717, 1.165) is 11.1 Å². The van der Waals surface area contributed by atoms with E-state index >= 15 is 0 Å². The largest absolute Gasteiger partial charge is 0.493 e. The summed E-state index contributed by atoms with van der Waals surface area (Å²) < 4.78 is 10.5. The van der Waals surface area contributed by atoms with Crippen molar-refractivity contribution in [2.75, 3.05) is 14.2 Å². The van der Waals surface area contributed by atoms with Gasteiger partial charge in [0.25, 0.3) is 0 Å². The van der Waals surface area contributed by atoms with Crippen molar-refractivity contribution >= 4 is 0 Å². The smallest absolute Gasteiger partial charge is 0.182 e. The molecule has 2 aromatic heterocycles. The number of nitrogens with zero attached hydrogens (tertiary/aromatic N) is 3. The number of H-pyrrole nitrogens is 1. The van der Waals surface area contributed by atoms with E-state index in [1.807, 2.05) is 30.3 Å². The van der Waals surface area contributed by atoms with Crippen molar-refractivity contribution in [1.29, 1.82) is 0 Å². The molecule has 3 N–H and O–H groups in total. The average molecular weight is 311 g/mol. The van der Waals surface area contributed by atoms with Gasteiger partial charge in [-0.3, -0.25) is 10.1 Å². The van der Waals surface area contributed by atoms with Crippen LogP contribution in [0.15, 0.2) is 42.7 Å². The number of hydrogen-bond acceptors (Lipinski definition) is 6. The van der Waals surface area contributed by atoms with E-state index < -0.39 is 6.04 Å².